The van der Waals surface area contributed by atoms with Crippen molar-refractivity contribution in [3.05, 3.63) is 132 Å². The Labute approximate surface area is 249 Å². The van der Waals surface area contributed by atoms with Crippen molar-refractivity contribution in [3.63, 3.8) is 0 Å². The zero-order chi connectivity index (χ0) is 28.7. The number of para-hydroxylation sites is 3. The molecule has 43 heavy (non-hydrogen) atoms. The minimum atomic E-state index is 0.640. The summed E-state index contributed by atoms with van der Waals surface area (Å²) in [6, 6.07) is 41.4. The van der Waals surface area contributed by atoms with Crippen LogP contribution in [0.2, 0.25) is 0 Å². The smallest absolute Gasteiger partial charge is 0.204 e. The zero-order valence-corrected chi connectivity index (χ0v) is 23.4. The van der Waals surface area contributed by atoms with Crippen molar-refractivity contribution in [2.45, 2.75) is 0 Å². The molecule has 5 heteroatoms. The monoisotopic (exact) mass is 565 g/mol. The molecule has 0 unspecified atom stereocenters. The number of nitriles is 1. The summed E-state index contributed by atoms with van der Waals surface area (Å²) in [6.07, 6.45) is 0. The average Bonchev–Trinajstić information content (AvgIpc) is 3.74. The minimum Gasteiger partial charge on any atom is -0.455 e. The van der Waals surface area contributed by atoms with Crippen LogP contribution in [0.3, 0.4) is 0 Å². The molecule has 4 nitrogen and oxygen atoms in total. The van der Waals surface area contributed by atoms with E-state index in [1.807, 2.05) is 48.5 Å². The van der Waals surface area contributed by atoms with Crippen molar-refractivity contribution in [1.82, 2.24) is 4.57 Å². The van der Waals surface area contributed by atoms with Crippen LogP contribution in [0.25, 0.3) is 85.6 Å². The molecule has 0 aliphatic rings. The first-order chi connectivity index (χ1) is 21.2. The predicted octanol–water partition coefficient (Wildman–Crippen LogP) is 11.1. The largest absolute Gasteiger partial charge is 0.455 e. The Kier molecular flexibility index (Phi) is 4.87. The van der Waals surface area contributed by atoms with Gasteiger partial charge < -0.3 is 8.98 Å². The Bertz CT molecular complexity index is 2710. The lowest BCUT2D eigenvalue weighted by Crippen LogP contribution is -1.93. The first-order valence-electron chi connectivity index (χ1n) is 13.9. The van der Waals surface area contributed by atoms with E-state index in [0.29, 0.717) is 11.3 Å². The minimum absolute atomic E-state index is 0.640. The molecule has 9 aromatic rings. The molecule has 6 aromatic carbocycles. The molecule has 0 saturated carbocycles. The molecule has 0 radical (unpaired) electrons. The lowest BCUT2D eigenvalue weighted by Gasteiger charge is -2.10. The molecule has 0 bridgehead atoms. The first kappa shape index (κ1) is 23.8. The van der Waals surface area contributed by atoms with Crippen LogP contribution < -0.4 is 0 Å². The van der Waals surface area contributed by atoms with E-state index in [1.165, 1.54) is 0 Å². The maximum absolute atomic E-state index is 9.61. The van der Waals surface area contributed by atoms with Crippen LogP contribution in [0, 0.1) is 17.9 Å². The standard InChI is InChI=1S/C38H19N3OS/c1-40-30-18-17-25(27-11-6-10-26-24-9-3-5-15-34(24)42-36(26)27)35-28-12-7-14-33(37(28)43-38(30)35)41-31-13-4-2-8-23(31)29-20-22(21-39)16-19-32(29)41/h2-20H. The van der Waals surface area contributed by atoms with Crippen LogP contribution in [0.1, 0.15) is 5.56 Å². The van der Waals surface area contributed by atoms with E-state index in [2.05, 4.69) is 82.2 Å². The highest BCUT2D eigenvalue weighted by atomic mass is 32.1. The van der Waals surface area contributed by atoms with E-state index in [0.717, 1.165) is 80.7 Å². The van der Waals surface area contributed by atoms with Gasteiger partial charge in [0.05, 0.1) is 39.6 Å². The third-order valence-corrected chi connectivity index (χ3v) is 9.71. The van der Waals surface area contributed by atoms with E-state index in [-0.39, 0.29) is 0 Å². The van der Waals surface area contributed by atoms with E-state index in [4.69, 9.17) is 11.0 Å². The molecule has 3 aromatic heterocycles. The third kappa shape index (κ3) is 3.23. The summed E-state index contributed by atoms with van der Waals surface area (Å²) in [6.45, 7) is 8.01. The van der Waals surface area contributed by atoms with Gasteiger partial charge in [-0.3, -0.25) is 0 Å². The van der Waals surface area contributed by atoms with Crippen molar-refractivity contribution < 1.29 is 4.42 Å². The number of hydrogen-bond donors (Lipinski definition) is 0. The molecule has 3 heterocycles. The predicted molar refractivity (Wildman–Crippen MR) is 177 cm³/mol. The molecule has 0 fully saturated rings. The van der Waals surface area contributed by atoms with Crippen LogP contribution in [0.15, 0.2) is 120 Å². The van der Waals surface area contributed by atoms with Crippen LogP contribution in [0.4, 0.5) is 5.69 Å². The summed E-state index contributed by atoms with van der Waals surface area (Å²) >= 11 is 1.66. The fourth-order valence-electron chi connectivity index (χ4n) is 6.62. The topological polar surface area (TPSA) is 46.2 Å². The number of benzene rings is 6. The molecule has 0 aliphatic heterocycles. The van der Waals surface area contributed by atoms with E-state index in [1.54, 1.807) is 11.3 Å². The van der Waals surface area contributed by atoms with Gasteiger partial charge >= 0.3 is 0 Å². The maximum atomic E-state index is 9.61. The number of rotatable bonds is 2. The van der Waals surface area contributed by atoms with Crippen molar-refractivity contribution in [1.29, 1.82) is 5.26 Å². The zero-order valence-electron chi connectivity index (χ0n) is 22.6. The van der Waals surface area contributed by atoms with Gasteiger partial charge in [0.15, 0.2) is 0 Å². The van der Waals surface area contributed by atoms with Gasteiger partial charge in [0.1, 0.15) is 11.2 Å². The quantitative estimate of drug-likeness (QED) is 0.196. The SMILES string of the molecule is [C-]#[N+]c1ccc(-c2cccc3c2oc2ccccc23)c2c1sc1c(-n3c4ccccc4c4cc(C#N)ccc43)cccc12. The Hall–Kier alpha value is -5.88. The number of aromatic nitrogens is 1. The van der Waals surface area contributed by atoms with Crippen LogP contribution in [-0.4, -0.2) is 4.57 Å². The van der Waals surface area contributed by atoms with Crippen molar-refractivity contribution in [3.8, 4) is 22.9 Å². The van der Waals surface area contributed by atoms with Crippen molar-refractivity contribution >= 4 is 80.9 Å². The van der Waals surface area contributed by atoms with Gasteiger partial charge in [-0.25, -0.2) is 4.85 Å². The average molecular weight is 566 g/mol. The number of fused-ring (bicyclic) bond motifs is 9. The van der Waals surface area contributed by atoms with Gasteiger partial charge in [-0.15, -0.1) is 11.3 Å². The highest BCUT2D eigenvalue weighted by Crippen LogP contribution is 2.49. The second-order valence-corrected chi connectivity index (χ2v) is 11.7. The maximum Gasteiger partial charge on any atom is 0.204 e. The summed E-state index contributed by atoms with van der Waals surface area (Å²) in [7, 11) is 0. The van der Waals surface area contributed by atoms with Gasteiger partial charge in [-0.1, -0.05) is 78.9 Å². The van der Waals surface area contributed by atoms with Crippen LogP contribution in [0.5, 0.6) is 0 Å². The second-order valence-electron chi connectivity index (χ2n) is 10.7. The lowest BCUT2D eigenvalue weighted by molar-refractivity contribution is 0.670. The van der Waals surface area contributed by atoms with Gasteiger partial charge in [0.25, 0.3) is 0 Å². The van der Waals surface area contributed by atoms with E-state index in [9.17, 15) is 5.26 Å². The first-order valence-corrected chi connectivity index (χ1v) is 14.8. The molecule has 9 rings (SSSR count). The number of hydrogen-bond acceptors (Lipinski definition) is 3. The van der Waals surface area contributed by atoms with Crippen molar-refractivity contribution in [2.24, 2.45) is 0 Å². The molecule has 0 saturated heterocycles. The lowest BCUT2D eigenvalue weighted by atomic mass is 9.97. The Morgan fingerprint density at radius 2 is 1.44 bits per heavy atom. The highest BCUT2D eigenvalue weighted by molar-refractivity contribution is 7.27. The fourth-order valence-corrected chi connectivity index (χ4v) is 7.91. The van der Waals surface area contributed by atoms with Gasteiger partial charge in [-0.2, -0.15) is 5.26 Å². The fraction of sp³-hybridized carbons (Fsp3) is 0. The van der Waals surface area contributed by atoms with Crippen molar-refractivity contribution in [2.75, 3.05) is 0 Å². The Balaban J connectivity index is 1.40. The Morgan fingerprint density at radius 1 is 0.674 bits per heavy atom. The molecular formula is C38H19N3OS. The molecule has 0 atom stereocenters. The van der Waals surface area contributed by atoms with E-state index >= 15 is 0 Å². The number of nitrogens with zero attached hydrogens (tertiary/aromatic N) is 3. The summed E-state index contributed by atoms with van der Waals surface area (Å²) in [5.74, 6) is 0. The summed E-state index contributed by atoms with van der Waals surface area (Å²) in [4.78, 5) is 3.94. The number of thiophene rings is 1. The normalized spacial score (nSPS) is 11.7. The molecule has 0 amide bonds. The van der Waals surface area contributed by atoms with Crippen LogP contribution >= 0.6 is 11.3 Å². The Morgan fingerprint density at radius 3 is 2.33 bits per heavy atom. The van der Waals surface area contributed by atoms with Gasteiger partial charge in [0.2, 0.25) is 5.69 Å². The molecule has 0 spiro atoms. The molecular weight excluding hydrogens is 547 g/mol. The number of furan rings is 1. The third-order valence-electron chi connectivity index (χ3n) is 8.46. The van der Waals surface area contributed by atoms with E-state index < -0.39 is 0 Å². The second kappa shape index (κ2) is 8.81. The summed E-state index contributed by atoms with van der Waals surface area (Å²) in [5.41, 5.74) is 8.24. The molecule has 198 valence electrons. The van der Waals surface area contributed by atoms with Crippen LogP contribution in [-0.2, 0) is 0 Å². The summed E-state index contributed by atoms with van der Waals surface area (Å²) < 4.78 is 10.8. The van der Waals surface area contributed by atoms with Gasteiger partial charge in [0, 0.05) is 37.2 Å². The molecule has 0 aliphatic carbocycles. The summed E-state index contributed by atoms with van der Waals surface area (Å²) in [5, 5.41) is 16.1. The molecule has 0 N–H and O–H groups in total. The highest BCUT2D eigenvalue weighted by Gasteiger charge is 2.21. The van der Waals surface area contributed by atoms with Gasteiger partial charge in [-0.05, 0) is 47.3 Å².